The number of thiophene rings is 4. The van der Waals surface area contributed by atoms with Crippen LogP contribution in [0.2, 0.25) is 20.1 Å². The third-order valence-corrected chi connectivity index (χ3v) is 30.5. The predicted molar refractivity (Wildman–Crippen MR) is 527 cm³/mol. The molecule has 0 fully saturated rings. The Hall–Kier alpha value is -9.42. The zero-order valence-corrected chi connectivity index (χ0v) is 84.8. The first-order valence-electron chi connectivity index (χ1n) is 43.1. The quantitative estimate of drug-likeness (QED) is 0.0274. The average Bonchev–Trinajstić information content (AvgIpc) is 1.61. The molecule has 0 radical (unpaired) electrons. The van der Waals surface area contributed by atoms with E-state index in [4.69, 9.17) is 85.3 Å². The van der Waals surface area contributed by atoms with E-state index in [1.54, 1.807) is 45.3 Å². The van der Waals surface area contributed by atoms with E-state index in [1.807, 2.05) is 145 Å². The van der Waals surface area contributed by atoms with Gasteiger partial charge in [-0.15, -0.1) is 86.1 Å². The second-order valence-corrected chi connectivity index (χ2v) is 40.7. The Morgan fingerprint density at radius 3 is 0.916 bits per heavy atom. The van der Waals surface area contributed by atoms with E-state index in [2.05, 4.69) is 146 Å². The number of carbonyl (C=O) groups excluding carboxylic acids is 4. The molecule has 0 amide bonds. The first-order chi connectivity index (χ1) is 62.8. The van der Waals surface area contributed by atoms with E-state index < -0.39 is 30.1 Å². The number of rotatable bonds is 27. The fraction of sp³-hybridized carbons (Fsp3) is 0.389. The van der Waals surface area contributed by atoms with Crippen LogP contribution in [0.3, 0.4) is 0 Å². The number of halogens is 6. The van der Waals surface area contributed by atoms with Crippen LogP contribution < -0.4 is 0 Å². The topological polar surface area (TPSA) is 318 Å². The number of carbonyl (C=O) groups is 4. The number of hydrogen-bond donors (Lipinski definition) is 2. The van der Waals surface area contributed by atoms with E-state index in [1.165, 1.54) is 49.9 Å². The van der Waals surface area contributed by atoms with Gasteiger partial charge in [-0.25, -0.2) is 0 Å². The first kappa shape index (κ1) is 99.1. The molecule has 5 atom stereocenters. The number of fused-ring (bicyclic) bond motifs is 12. The van der Waals surface area contributed by atoms with Gasteiger partial charge in [0.15, 0.2) is 23.3 Å². The minimum atomic E-state index is -0.595. The number of esters is 4. The molecule has 36 heteroatoms. The van der Waals surface area contributed by atoms with Gasteiger partial charge in [-0.3, -0.25) is 57.4 Å². The maximum absolute atomic E-state index is 12.8. The fourth-order valence-electron chi connectivity index (χ4n) is 15.2. The minimum Gasteiger partial charge on any atom is -0.466 e. The van der Waals surface area contributed by atoms with Gasteiger partial charge in [0, 0.05) is 106 Å². The van der Waals surface area contributed by atoms with Crippen molar-refractivity contribution in [2.75, 3.05) is 39.6 Å². The summed E-state index contributed by atoms with van der Waals surface area (Å²) in [5, 5.41) is 59.9. The van der Waals surface area contributed by atoms with Crippen LogP contribution in [-0.4, -0.2) is 156 Å². The van der Waals surface area contributed by atoms with Gasteiger partial charge in [0.05, 0.1) is 75.0 Å². The summed E-state index contributed by atoms with van der Waals surface area (Å²) >= 11 is 37.8. The van der Waals surface area contributed by atoms with E-state index in [-0.39, 0.29) is 75.9 Å². The first-order valence-corrected chi connectivity index (χ1v) is 49.5. The summed E-state index contributed by atoms with van der Waals surface area (Å²) in [6, 6.07) is 28.3. The van der Waals surface area contributed by atoms with Crippen LogP contribution >= 0.6 is 124 Å². The van der Waals surface area contributed by atoms with Gasteiger partial charge < -0.3 is 29.2 Å². The molecular weight excluding hydrogens is 1960 g/mol. The van der Waals surface area contributed by atoms with Crippen molar-refractivity contribution < 1.29 is 48.3 Å². The maximum atomic E-state index is 12.8. The van der Waals surface area contributed by atoms with Crippen LogP contribution in [0.4, 0.5) is 0 Å². The molecule has 4 aliphatic heterocycles. The van der Waals surface area contributed by atoms with E-state index in [9.17, 15) is 29.4 Å². The van der Waals surface area contributed by atoms with Crippen molar-refractivity contribution in [2.24, 2.45) is 25.9 Å². The molecule has 26 nitrogen and oxygen atoms in total. The van der Waals surface area contributed by atoms with Crippen molar-refractivity contribution in [1.29, 1.82) is 0 Å². The Labute approximate surface area is 814 Å². The summed E-state index contributed by atoms with van der Waals surface area (Å²) in [5.41, 5.74) is 15.7. The van der Waals surface area contributed by atoms with Gasteiger partial charge in [0.2, 0.25) is 0 Å². The van der Waals surface area contributed by atoms with Crippen molar-refractivity contribution in [1.82, 2.24) is 59.1 Å². The number of hydrogen-bond acceptors (Lipinski definition) is 26. The second-order valence-electron chi connectivity index (χ2n) is 32.2. The molecular formula is C95H102Br2Cl4N16O10S4. The van der Waals surface area contributed by atoms with E-state index >= 15 is 0 Å². The molecule has 2 N–H and O–H groups in total. The van der Waals surface area contributed by atoms with Crippen LogP contribution in [0.25, 0.3) is 20.0 Å². The Kier molecular flexibility index (Phi) is 33.7. The molecule has 688 valence electrons. The number of unbranched alkanes of at least 4 members (excludes halogenated alkanes) is 5. The summed E-state index contributed by atoms with van der Waals surface area (Å²) in [6.07, 6.45) is 7.63. The predicted octanol–water partition coefficient (Wildman–Crippen LogP) is 22.3. The molecule has 8 aromatic heterocycles. The van der Waals surface area contributed by atoms with Gasteiger partial charge in [-0.05, 0) is 167 Å². The molecule has 4 aromatic carbocycles. The van der Waals surface area contributed by atoms with Crippen molar-refractivity contribution >= 4 is 170 Å². The number of aliphatic imine (C=N–C) groups is 4. The average molecular weight is 2060 g/mol. The highest BCUT2D eigenvalue weighted by Crippen LogP contribution is 2.46. The highest BCUT2D eigenvalue weighted by Gasteiger charge is 2.39. The Balaban J connectivity index is 0.000000149. The Bertz CT molecular complexity index is 6360. The summed E-state index contributed by atoms with van der Waals surface area (Å²) in [5.74, 6) is 4.06. The zero-order chi connectivity index (χ0) is 93.9. The van der Waals surface area contributed by atoms with Crippen LogP contribution in [0.5, 0.6) is 0 Å². The van der Waals surface area contributed by atoms with Crippen LogP contribution in [0, 0.1) is 89.0 Å². The molecule has 12 heterocycles. The van der Waals surface area contributed by atoms with Crippen molar-refractivity contribution in [3.8, 4) is 20.0 Å². The molecule has 16 rings (SSSR count). The summed E-state index contributed by atoms with van der Waals surface area (Å²) in [7, 11) is 0. The molecule has 12 aromatic rings. The molecule has 0 saturated heterocycles. The maximum Gasteiger partial charge on any atom is 0.308 e. The van der Waals surface area contributed by atoms with E-state index in [0.29, 0.717) is 65.6 Å². The number of aliphatic hydroxyl groups excluding tert-OH is 2. The van der Waals surface area contributed by atoms with Crippen LogP contribution in [0.1, 0.15) is 248 Å². The molecule has 1 unspecified atom stereocenters. The number of ether oxygens (including phenoxy) is 4. The van der Waals surface area contributed by atoms with Crippen LogP contribution in [0.15, 0.2) is 126 Å². The lowest BCUT2D eigenvalue weighted by Gasteiger charge is -2.14. The highest BCUT2D eigenvalue weighted by atomic mass is 79.9. The molecule has 0 bridgehead atoms. The third kappa shape index (κ3) is 22.7. The number of benzene rings is 4. The lowest BCUT2D eigenvalue weighted by Crippen LogP contribution is -2.17. The van der Waals surface area contributed by atoms with Gasteiger partial charge in [0.1, 0.15) is 74.1 Å². The monoisotopic (exact) mass is 2050 g/mol. The molecule has 0 spiro atoms. The number of aryl methyl sites for hydroxylation is 8. The van der Waals surface area contributed by atoms with Gasteiger partial charge >= 0.3 is 23.9 Å². The standard InChI is InChI=1S/C26H31ClN4O2S.C23H21Br2ClN4O3S.C23H25ClN4O3S.C23H25ClN4O2S/c1-5-6-7-8-9-14-33-22(32)15-21-25-30-29-18(4)31(25)26-23(16(2)17(3)34-26)24(28-21)19-10-12-20(27)13-11-19;1-11-12(2)34-23-20(11)21(14-4-6-15(26)7-5-14)27-18(22-29-28-13(3)30(22)23)8-19(32)33-10-17(25)16(24)9-31;1-12(10-29)11-31-19(30)9-18-22-27-26-15(4)28(22)23-20(13(2)14(3)32-23)21(25-18)16-5-7-17(24)8-6-16;1-5-6-11-30-19(29)12-18-22-27-26-15(4)28(22)23-20(13(2)14(3)31-23)21(25-18)16-7-9-17(24)10-8-16/h10-13,21H,5-9,14-15H2,1-4H3;4-7,18,31H,8-10H2,1-3H3;5-8,12,18,29H,9-11H2,1-4H3;7-10,18H,5-6,11-12H2,1-4H3/b;17-16+;;/t21-;18-;12?,18-;18-/m0000/s1. The van der Waals surface area contributed by atoms with Crippen molar-refractivity contribution in [3.05, 3.63) is 259 Å². The Morgan fingerprint density at radius 1 is 0.374 bits per heavy atom. The van der Waals surface area contributed by atoms with Crippen molar-refractivity contribution in [3.63, 3.8) is 0 Å². The largest absolute Gasteiger partial charge is 0.466 e. The van der Waals surface area contributed by atoms with Gasteiger partial charge in [-0.1, -0.05) is 180 Å². The summed E-state index contributed by atoms with van der Waals surface area (Å²) in [6.45, 7) is 31.3. The summed E-state index contributed by atoms with van der Waals surface area (Å²) < 4.78 is 30.9. The number of aliphatic hydroxyl groups is 2. The molecule has 0 aliphatic carbocycles. The third-order valence-electron chi connectivity index (χ3n) is 22.8. The minimum absolute atomic E-state index is 0.00217. The zero-order valence-electron chi connectivity index (χ0n) is 75.4. The fourth-order valence-corrected chi connectivity index (χ4v) is 20.9. The molecule has 0 saturated carbocycles. The van der Waals surface area contributed by atoms with E-state index in [0.717, 1.165) is 147 Å². The second kappa shape index (κ2) is 44.6. The van der Waals surface area contributed by atoms with Gasteiger partial charge in [0.25, 0.3) is 0 Å². The smallest absolute Gasteiger partial charge is 0.308 e. The lowest BCUT2D eigenvalue weighted by atomic mass is 9.99. The van der Waals surface area contributed by atoms with Gasteiger partial charge in [-0.2, -0.15) is 0 Å². The SMILES string of the molecule is CCCCCCCOC(=O)C[C@@H]1N=C(c2ccc(Cl)cc2)c2c(sc(C)c2C)-n2c(C)nnc21.CCCCOC(=O)C[C@@H]1N=C(c2ccc(Cl)cc2)c2c(sc(C)c2C)-n2c(C)nnc21.Cc1sc2c(c1C)C(c1ccc(Cl)cc1)=N[C@@H](CC(=O)OC/C(Br)=C(\Br)CO)c1nnc(C)n1-2.Cc1sc2c(c1C)C(c1ccc(Cl)cc1)=N[C@@H](CC(=O)OCC(C)CO)c1nnc(C)n1-2. The normalized spacial score (nSPS) is 15.4. The number of aromatic nitrogens is 12. The Morgan fingerprint density at radius 2 is 0.641 bits per heavy atom. The number of nitrogens with zero attached hydrogens (tertiary/aromatic N) is 16. The lowest BCUT2D eigenvalue weighted by molar-refractivity contribution is -0.146. The molecule has 131 heavy (non-hydrogen) atoms. The highest BCUT2D eigenvalue weighted by molar-refractivity contribution is 9.14. The van der Waals surface area contributed by atoms with Crippen LogP contribution in [-0.2, 0) is 38.1 Å². The van der Waals surface area contributed by atoms with Crippen molar-refractivity contribution in [2.45, 2.75) is 199 Å². The summed E-state index contributed by atoms with van der Waals surface area (Å²) in [4.78, 5) is 75.8. The molecule has 4 aliphatic rings.